The van der Waals surface area contributed by atoms with Crippen LogP contribution >= 0.6 is 0 Å². The molecule has 0 heteroatoms. The molecule has 0 nitrogen and oxygen atoms in total. The first-order valence-corrected chi connectivity index (χ1v) is 16.8. The summed E-state index contributed by atoms with van der Waals surface area (Å²) in [6, 6.07) is 44.4. The van der Waals surface area contributed by atoms with Crippen molar-refractivity contribution >= 4 is 0 Å². The van der Waals surface area contributed by atoms with Gasteiger partial charge < -0.3 is 0 Å². The Balaban J connectivity index is 1.09. The van der Waals surface area contributed by atoms with Crippen LogP contribution in [0, 0.1) is 6.92 Å². The van der Waals surface area contributed by atoms with Crippen molar-refractivity contribution in [3.8, 4) is 55.6 Å². The predicted octanol–water partition coefficient (Wildman–Crippen LogP) is 12.2. The van der Waals surface area contributed by atoms with Crippen molar-refractivity contribution in [3.05, 3.63) is 154 Å². The molecule has 0 unspecified atom stereocenters. The van der Waals surface area contributed by atoms with Crippen molar-refractivity contribution in [2.75, 3.05) is 0 Å². The van der Waals surface area contributed by atoms with Crippen molar-refractivity contribution in [1.29, 1.82) is 0 Å². The van der Waals surface area contributed by atoms with Gasteiger partial charge in [0.25, 0.3) is 0 Å². The predicted molar refractivity (Wildman–Crippen MR) is 195 cm³/mol. The van der Waals surface area contributed by atoms with Gasteiger partial charge in [0, 0.05) is 16.2 Å². The van der Waals surface area contributed by atoms with Crippen LogP contribution in [0.3, 0.4) is 0 Å². The molecule has 6 aromatic rings. The SMILES string of the molecule is Cc1ccc2c(c1)C(C)(C)c1cc(-c3ccc4c(c3)C(C)(C)c3cc(-c5ccc6c(c5)C(C)(C)c5ccccc5-6)ccc3-4)ccc1-2. The number of aryl methyl sites for hydroxylation is 1. The van der Waals surface area contributed by atoms with Gasteiger partial charge in [-0.2, -0.15) is 0 Å². The standard InChI is InChI=1S/C46H40/c1-27-12-17-33-35-19-14-29(24-41(35)45(4,5)39(33)22-27)31-16-21-37-36-20-15-30(25-42(36)46(6,7)43(37)26-31)28-13-18-34-32-10-8-9-11-38(32)44(2,3)40(34)23-28/h8-26H,1-7H3. The summed E-state index contributed by atoms with van der Waals surface area (Å²) in [6.45, 7) is 16.5. The Kier molecular flexibility index (Phi) is 5.39. The first kappa shape index (κ1) is 27.6. The maximum Gasteiger partial charge on any atom is 0.0159 e. The van der Waals surface area contributed by atoms with Crippen LogP contribution in [0.2, 0.25) is 0 Å². The highest BCUT2D eigenvalue weighted by molar-refractivity contribution is 5.89. The molecule has 3 aliphatic carbocycles. The molecule has 0 radical (unpaired) electrons. The zero-order valence-electron chi connectivity index (χ0n) is 28.0. The molecule has 0 aliphatic heterocycles. The van der Waals surface area contributed by atoms with Crippen LogP contribution in [0.15, 0.2) is 115 Å². The van der Waals surface area contributed by atoms with E-state index in [0.29, 0.717) is 0 Å². The van der Waals surface area contributed by atoms with E-state index in [2.05, 4.69) is 164 Å². The Morgan fingerprint density at radius 2 is 0.609 bits per heavy atom. The van der Waals surface area contributed by atoms with Gasteiger partial charge >= 0.3 is 0 Å². The second-order valence-corrected chi connectivity index (χ2v) is 15.5. The van der Waals surface area contributed by atoms with Gasteiger partial charge in [-0.05, 0) is 120 Å². The highest BCUT2D eigenvalue weighted by Gasteiger charge is 2.38. The number of benzene rings is 6. The molecule has 0 aromatic heterocycles. The lowest BCUT2D eigenvalue weighted by molar-refractivity contribution is 0.659. The van der Waals surface area contributed by atoms with Crippen LogP contribution in [0.4, 0.5) is 0 Å². The lowest BCUT2D eigenvalue weighted by Gasteiger charge is -2.24. The zero-order chi connectivity index (χ0) is 31.7. The summed E-state index contributed by atoms with van der Waals surface area (Å²) < 4.78 is 0. The highest BCUT2D eigenvalue weighted by atomic mass is 14.4. The van der Waals surface area contributed by atoms with Gasteiger partial charge in [-0.25, -0.2) is 0 Å². The molecule has 0 heterocycles. The summed E-state index contributed by atoms with van der Waals surface area (Å²) in [6.07, 6.45) is 0. The second-order valence-electron chi connectivity index (χ2n) is 15.5. The van der Waals surface area contributed by atoms with Gasteiger partial charge in [-0.15, -0.1) is 0 Å². The quantitative estimate of drug-likeness (QED) is 0.188. The zero-order valence-corrected chi connectivity index (χ0v) is 28.0. The first-order chi connectivity index (χ1) is 22.0. The molecule has 0 spiro atoms. The fourth-order valence-electron chi connectivity index (χ4n) is 9.01. The number of fused-ring (bicyclic) bond motifs is 9. The van der Waals surface area contributed by atoms with Crippen molar-refractivity contribution in [3.63, 3.8) is 0 Å². The van der Waals surface area contributed by atoms with E-state index in [4.69, 9.17) is 0 Å². The smallest absolute Gasteiger partial charge is 0.0159 e. The van der Waals surface area contributed by atoms with Crippen LogP contribution in [0.25, 0.3) is 55.6 Å². The van der Waals surface area contributed by atoms with E-state index in [1.807, 2.05) is 0 Å². The molecule has 46 heavy (non-hydrogen) atoms. The summed E-state index contributed by atoms with van der Waals surface area (Å²) in [7, 11) is 0. The van der Waals surface area contributed by atoms with Crippen LogP contribution in [0.1, 0.15) is 80.5 Å². The largest absolute Gasteiger partial charge is 0.0619 e. The Morgan fingerprint density at radius 3 is 1.02 bits per heavy atom. The van der Waals surface area contributed by atoms with E-state index in [1.165, 1.54) is 94.6 Å². The first-order valence-electron chi connectivity index (χ1n) is 16.8. The lowest BCUT2D eigenvalue weighted by Crippen LogP contribution is -2.16. The monoisotopic (exact) mass is 592 g/mol. The maximum absolute atomic E-state index is 2.46. The van der Waals surface area contributed by atoms with Gasteiger partial charge in [-0.1, -0.05) is 138 Å². The van der Waals surface area contributed by atoms with Gasteiger partial charge in [0.1, 0.15) is 0 Å². The molecular formula is C46H40. The molecule has 0 saturated carbocycles. The molecular weight excluding hydrogens is 553 g/mol. The van der Waals surface area contributed by atoms with Crippen LogP contribution < -0.4 is 0 Å². The fraction of sp³-hybridized carbons (Fsp3) is 0.217. The summed E-state index contributed by atoms with van der Waals surface area (Å²) >= 11 is 0. The second kappa shape index (κ2) is 8.98. The minimum Gasteiger partial charge on any atom is -0.0619 e. The van der Waals surface area contributed by atoms with Crippen LogP contribution in [-0.4, -0.2) is 0 Å². The number of hydrogen-bond donors (Lipinski definition) is 0. The molecule has 0 bridgehead atoms. The van der Waals surface area contributed by atoms with Crippen molar-refractivity contribution < 1.29 is 0 Å². The topological polar surface area (TPSA) is 0 Å². The van der Waals surface area contributed by atoms with Gasteiger partial charge in [0.2, 0.25) is 0 Å². The van der Waals surface area contributed by atoms with Gasteiger partial charge in [-0.3, -0.25) is 0 Å². The molecule has 6 aromatic carbocycles. The summed E-state index contributed by atoms with van der Waals surface area (Å²) in [5, 5.41) is 0. The average molecular weight is 593 g/mol. The number of rotatable bonds is 2. The van der Waals surface area contributed by atoms with E-state index in [9.17, 15) is 0 Å². The van der Waals surface area contributed by atoms with E-state index < -0.39 is 0 Å². The fourth-order valence-corrected chi connectivity index (χ4v) is 9.01. The minimum atomic E-state index is -0.0906. The third-order valence-corrected chi connectivity index (χ3v) is 11.8. The minimum absolute atomic E-state index is 0.000918. The maximum atomic E-state index is 2.46. The van der Waals surface area contributed by atoms with Crippen molar-refractivity contribution in [2.45, 2.75) is 64.7 Å². The molecule has 9 rings (SSSR count). The van der Waals surface area contributed by atoms with Gasteiger partial charge in [0.05, 0.1) is 0 Å². The Hall–Kier alpha value is -4.68. The summed E-state index contributed by atoms with van der Waals surface area (Å²) in [5.41, 5.74) is 23.2. The van der Waals surface area contributed by atoms with Crippen molar-refractivity contribution in [2.24, 2.45) is 0 Å². The van der Waals surface area contributed by atoms with Crippen molar-refractivity contribution in [1.82, 2.24) is 0 Å². The average Bonchev–Trinajstić information content (AvgIpc) is 3.53. The highest BCUT2D eigenvalue weighted by Crippen LogP contribution is 2.54. The lowest BCUT2D eigenvalue weighted by atomic mass is 9.79. The molecule has 0 N–H and O–H groups in total. The molecule has 0 atom stereocenters. The number of hydrogen-bond acceptors (Lipinski definition) is 0. The Labute approximate surface area is 273 Å². The van der Waals surface area contributed by atoms with Crippen LogP contribution in [0.5, 0.6) is 0 Å². The van der Waals surface area contributed by atoms with E-state index in [-0.39, 0.29) is 16.2 Å². The third kappa shape index (κ3) is 3.56. The Morgan fingerprint density at radius 1 is 0.304 bits per heavy atom. The van der Waals surface area contributed by atoms with Crippen LogP contribution in [-0.2, 0) is 16.2 Å². The molecule has 3 aliphatic rings. The molecule has 224 valence electrons. The van der Waals surface area contributed by atoms with E-state index in [0.717, 1.165) is 0 Å². The molecule has 0 amide bonds. The van der Waals surface area contributed by atoms with E-state index >= 15 is 0 Å². The summed E-state index contributed by atoms with van der Waals surface area (Å²) in [4.78, 5) is 0. The molecule has 0 fully saturated rings. The van der Waals surface area contributed by atoms with Gasteiger partial charge in [0.15, 0.2) is 0 Å². The summed E-state index contributed by atoms with van der Waals surface area (Å²) in [5.74, 6) is 0. The molecule has 0 saturated heterocycles. The Bertz CT molecular complexity index is 2290. The normalized spacial score (nSPS) is 16.7. The third-order valence-electron chi connectivity index (χ3n) is 11.8. The van der Waals surface area contributed by atoms with E-state index in [1.54, 1.807) is 0 Å².